The molecule has 0 unspecified atom stereocenters. The van der Waals surface area contributed by atoms with Gasteiger partial charge in [-0.25, -0.2) is 0 Å². The van der Waals surface area contributed by atoms with Crippen molar-refractivity contribution in [1.29, 1.82) is 0 Å². The van der Waals surface area contributed by atoms with Gasteiger partial charge in [0.15, 0.2) is 0 Å². The summed E-state index contributed by atoms with van der Waals surface area (Å²) in [5, 5.41) is 0. The van der Waals surface area contributed by atoms with E-state index in [-0.39, 0.29) is 0 Å². The van der Waals surface area contributed by atoms with Crippen molar-refractivity contribution in [2.45, 2.75) is 70.3 Å². The van der Waals surface area contributed by atoms with E-state index >= 15 is 0 Å². The van der Waals surface area contributed by atoms with Crippen LogP contribution in [0.2, 0.25) is 0 Å². The molecular formula is C26H32O. The van der Waals surface area contributed by atoms with Gasteiger partial charge in [0.25, 0.3) is 0 Å². The zero-order chi connectivity index (χ0) is 18.9. The SMILES string of the molecule is CCCCCc1ccc(C#Cc2ccc(C3CCC(OC)CC3)cc2)cc1. The van der Waals surface area contributed by atoms with Gasteiger partial charge >= 0.3 is 0 Å². The van der Waals surface area contributed by atoms with Gasteiger partial charge in [-0.3, -0.25) is 0 Å². The van der Waals surface area contributed by atoms with Crippen molar-refractivity contribution in [1.82, 2.24) is 0 Å². The first-order valence-corrected chi connectivity index (χ1v) is 10.5. The summed E-state index contributed by atoms with van der Waals surface area (Å²) < 4.78 is 5.48. The molecule has 2 aromatic carbocycles. The maximum Gasteiger partial charge on any atom is 0.0571 e. The van der Waals surface area contributed by atoms with Crippen LogP contribution in [0.4, 0.5) is 0 Å². The minimum Gasteiger partial charge on any atom is -0.381 e. The fourth-order valence-electron chi connectivity index (χ4n) is 3.95. The van der Waals surface area contributed by atoms with Crippen molar-refractivity contribution in [2.24, 2.45) is 0 Å². The maximum atomic E-state index is 5.48. The third-order valence-electron chi connectivity index (χ3n) is 5.76. The Kier molecular flexibility index (Phi) is 7.55. The van der Waals surface area contributed by atoms with Gasteiger partial charge in [0.2, 0.25) is 0 Å². The van der Waals surface area contributed by atoms with Crippen molar-refractivity contribution in [3.05, 3.63) is 70.8 Å². The van der Waals surface area contributed by atoms with Gasteiger partial charge in [0, 0.05) is 18.2 Å². The molecule has 142 valence electrons. The molecule has 0 aliphatic heterocycles. The van der Waals surface area contributed by atoms with Crippen LogP contribution in [0.15, 0.2) is 48.5 Å². The summed E-state index contributed by atoms with van der Waals surface area (Å²) >= 11 is 0. The number of rotatable bonds is 6. The molecule has 1 saturated carbocycles. The predicted octanol–water partition coefficient (Wildman–Crippen LogP) is 6.49. The van der Waals surface area contributed by atoms with Crippen LogP contribution < -0.4 is 0 Å². The molecule has 27 heavy (non-hydrogen) atoms. The van der Waals surface area contributed by atoms with E-state index in [0.29, 0.717) is 12.0 Å². The van der Waals surface area contributed by atoms with E-state index in [0.717, 1.165) is 11.1 Å². The minimum atomic E-state index is 0.462. The second-order valence-electron chi connectivity index (χ2n) is 7.74. The molecule has 1 nitrogen and oxygen atoms in total. The lowest BCUT2D eigenvalue weighted by Crippen LogP contribution is -2.19. The van der Waals surface area contributed by atoms with E-state index in [2.05, 4.69) is 67.3 Å². The average Bonchev–Trinajstić information content (AvgIpc) is 2.74. The zero-order valence-corrected chi connectivity index (χ0v) is 16.8. The molecule has 0 spiro atoms. The van der Waals surface area contributed by atoms with E-state index in [1.54, 1.807) is 0 Å². The normalized spacial score (nSPS) is 19.3. The van der Waals surface area contributed by atoms with Crippen LogP contribution in [0, 0.1) is 11.8 Å². The molecule has 0 aromatic heterocycles. The van der Waals surface area contributed by atoms with Crippen LogP contribution in [-0.2, 0) is 11.2 Å². The Morgan fingerprint density at radius 1 is 0.815 bits per heavy atom. The van der Waals surface area contributed by atoms with E-state index in [9.17, 15) is 0 Å². The summed E-state index contributed by atoms with van der Waals surface area (Å²) in [5.74, 6) is 7.29. The Balaban J connectivity index is 1.56. The van der Waals surface area contributed by atoms with E-state index in [1.807, 2.05) is 7.11 Å². The zero-order valence-electron chi connectivity index (χ0n) is 16.8. The molecule has 0 bridgehead atoms. The van der Waals surface area contributed by atoms with Gasteiger partial charge in [-0.1, -0.05) is 55.9 Å². The number of methoxy groups -OCH3 is 1. The summed E-state index contributed by atoms with van der Waals surface area (Å²) in [6.07, 6.45) is 10.3. The Morgan fingerprint density at radius 3 is 1.96 bits per heavy atom. The van der Waals surface area contributed by atoms with Crippen LogP contribution in [0.5, 0.6) is 0 Å². The monoisotopic (exact) mass is 360 g/mol. The summed E-state index contributed by atoms with van der Waals surface area (Å²) in [6, 6.07) is 17.6. The molecule has 1 aliphatic rings. The molecule has 1 fully saturated rings. The first-order valence-electron chi connectivity index (χ1n) is 10.5. The van der Waals surface area contributed by atoms with Crippen LogP contribution in [-0.4, -0.2) is 13.2 Å². The molecule has 1 heteroatoms. The first-order chi connectivity index (χ1) is 13.3. The van der Waals surface area contributed by atoms with Crippen LogP contribution in [0.3, 0.4) is 0 Å². The summed E-state index contributed by atoms with van der Waals surface area (Å²) in [6.45, 7) is 2.25. The second-order valence-corrected chi connectivity index (χ2v) is 7.74. The fraction of sp³-hybridized carbons (Fsp3) is 0.462. The van der Waals surface area contributed by atoms with Crippen molar-refractivity contribution >= 4 is 0 Å². The van der Waals surface area contributed by atoms with Crippen LogP contribution in [0.25, 0.3) is 0 Å². The third-order valence-corrected chi connectivity index (χ3v) is 5.76. The lowest BCUT2D eigenvalue weighted by atomic mass is 9.82. The van der Waals surface area contributed by atoms with Gasteiger partial charge in [-0.2, -0.15) is 0 Å². The topological polar surface area (TPSA) is 9.23 Å². The highest BCUT2D eigenvalue weighted by molar-refractivity contribution is 5.44. The molecule has 3 rings (SSSR count). The van der Waals surface area contributed by atoms with E-state index < -0.39 is 0 Å². The highest BCUT2D eigenvalue weighted by Crippen LogP contribution is 2.33. The molecule has 0 N–H and O–H groups in total. The van der Waals surface area contributed by atoms with Gasteiger partial charge in [0.1, 0.15) is 0 Å². The predicted molar refractivity (Wildman–Crippen MR) is 114 cm³/mol. The summed E-state index contributed by atoms with van der Waals surface area (Å²) in [5.41, 5.74) is 5.06. The highest BCUT2D eigenvalue weighted by Gasteiger charge is 2.21. The first kappa shape index (κ1) is 19.7. The molecule has 0 saturated heterocycles. The van der Waals surface area contributed by atoms with Crippen molar-refractivity contribution in [3.63, 3.8) is 0 Å². The lowest BCUT2D eigenvalue weighted by molar-refractivity contribution is 0.0659. The Bertz CT molecular complexity index is 738. The maximum absolute atomic E-state index is 5.48. The molecule has 2 aromatic rings. The molecule has 0 atom stereocenters. The average molecular weight is 361 g/mol. The van der Waals surface area contributed by atoms with Crippen LogP contribution in [0.1, 0.15) is 80.0 Å². The van der Waals surface area contributed by atoms with E-state index in [4.69, 9.17) is 4.74 Å². The summed E-state index contributed by atoms with van der Waals surface area (Å²) in [7, 11) is 1.83. The summed E-state index contributed by atoms with van der Waals surface area (Å²) in [4.78, 5) is 0. The third kappa shape index (κ3) is 5.98. The Labute approximate surface area is 165 Å². The van der Waals surface area contributed by atoms with Crippen molar-refractivity contribution in [2.75, 3.05) is 7.11 Å². The van der Waals surface area contributed by atoms with Gasteiger partial charge in [-0.15, -0.1) is 0 Å². The number of ether oxygens (including phenoxy) is 1. The molecule has 0 heterocycles. The van der Waals surface area contributed by atoms with Gasteiger partial charge < -0.3 is 4.74 Å². The lowest BCUT2D eigenvalue weighted by Gasteiger charge is -2.27. The number of hydrogen-bond acceptors (Lipinski definition) is 1. The Morgan fingerprint density at radius 2 is 1.41 bits per heavy atom. The number of aryl methyl sites for hydroxylation is 1. The van der Waals surface area contributed by atoms with Gasteiger partial charge in [-0.05, 0) is 79.8 Å². The van der Waals surface area contributed by atoms with Crippen LogP contribution >= 0.6 is 0 Å². The molecule has 0 radical (unpaired) electrons. The quantitative estimate of drug-likeness (QED) is 0.422. The second kappa shape index (κ2) is 10.3. The smallest absolute Gasteiger partial charge is 0.0571 e. The largest absolute Gasteiger partial charge is 0.381 e. The van der Waals surface area contributed by atoms with Crippen molar-refractivity contribution in [3.8, 4) is 11.8 Å². The number of hydrogen-bond donors (Lipinski definition) is 0. The fourth-order valence-corrected chi connectivity index (χ4v) is 3.95. The van der Waals surface area contributed by atoms with Crippen molar-refractivity contribution < 1.29 is 4.74 Å². The van der Waals surface area contributed by atoms with Gasteiger partial charge in [0.05, 0.1) is 6.10 Å². The van der Waals surface area contributed by atoms with E-state index in [1.165, 1.54) is 62.5 Å². The number of unbranched alkanes of at least 4 members (excludes halogenated alkanes) is 2. The molecular weight excluding hydrogens is 328 g/mol. The molecule has 0 amide bonds. The molecule has 1 aliphatic carbocycles. The highest BCUT2D eigenvalue weighted by atomic mass is 16.5. The Hall–Kier alpha value is -2.04. The number of benzene rings is 2. The standard InChI is InChI=1S/C26H32O/c1-3-4-5-6-21-7-9-22(10-8-21)11-12-23-13-15-24(16-14-23)25-17-19-26(27-2)20-18-25/h7-10,13-16,25-26H,3-6,17-20H2,1-2H3. The minimum absolute atomic E-state index is 0.462.